The highest BCUT2D eigenvalue weighted by molar-refractivity contribution is 9.10. The number of hydrogen-bond donors (Lipinski definition) is 1. The van der Waals surface area contributed by atoms with Gasteiger partial charge in [-0.15, -0.1) is 11.3 Å². The monoisotopic (exact) mass is 311 g/mol. The van der Waals surface area contributed by atoms with Crippen molar-refractivity contribution < 1.29 is 0 Å². The number of hydrogen-bond acceptors (Lipinski definition) is 4. The number of rotatable bonds is 3. The Hall–Kier alpha value is -0.940. The van der Waals surface area contributed by atoms with E-state index in [4.69, 9.17) is 0 Å². The van der Waals surface area contributed by atoms with Gasteiger partial charge in [0.2, 0.25) is 0 Å². The third-order valence-corrected chi connectivity index (χ3v) is 4.28. The molecule has 0 bridgehead atoms. The molecule has 2 rings (SSSR count). The summed E-state index contributed by atoms with van der Waals surface area (Å²) < 4.78 is 1.07. The second-order valence-electron chi connectivity index (χ2n) is 3.69. The summed E-state index contributed by atoms with van der Waals surface area (Å²) in [5, 5.41) is 5.19. The van der Waals surface area contributed by atoms with Gasteiger partial charge in [-0.2, -0.15) is 0 Å². The van der Waals surface area contributed by atoms with E-state index < -0.39 is 0 Å². The Bertz CT molecular complexity index is 537. The van der Waals surface area contributed by atoms with Gasteiger partial charge < -0.3 is 5.32 Å². The summed E-state index contributed by atoms with van der Waals surface area (Å²) in [6, 6.07) is 2.05. The predicted molar refractivity (Wildman–Crippen MR) is 76.7 cm³/mol. The summed E-state index contributed by atoms with van der Waals surface area (Å²) in [6.45, 7) is 4.15. The van der Waals surface area contributed by atoms with Gasteiger partial charge in [0, 0.05) is 28.2 Å². The van der Waals surface area contributed by atoms with Crippen LogP contribution in [0.4, 0.5) is 5.82 Å². The Labute approximate surface area is 113 Å². The molecule has 2 heterocycles. The molecule has 0 spiro atoms. The third-order valence-electron chi connectivity index (χ3n) is 2.59. The van der Waals surface area contributed by atoms with Crippen LogP contribution in [0.5, 0.6) is 0 Å². The number of aromatic nitrogens is 2. The van der Waals surface area contributed by atoms with Crippen LogP contribution in [-0.4, -0.2) is 17.0 Å². The highest BCUT2D eigenvalue weighted by Crippen LogP contribution is 2.29. The van der Waals surface area contributed by atoms with E-state index in [2.05, 4.69) is 38.1 Å². The molecule has 0 radical (unpaired) electrons. The van der Waals surface area contributed by atoms with Gasteiger partial charge in [-0.25, -0.2) is 9.97 Å². The lowest BCUT2D eigenvalue weighted by Crippen LogP contribution is -2.04. The number of nitrogens with one attached hydrogen (secondary N) is 1. The quantitative estimate of drug-likeness (QED) is 0.934. The molecule has 2 aromatic rings. The molecule has 5 heteroatoms. The summed E-state index contributed by atoms with van der Waals surface area (Å²) in [4.78, 5) is 10.2. The minimum absolute atomic E-state index is 0.791. The highest BCUT2D eigenvalue weighted by Gasteiger charge is 2.11. The predicted octanol–water partition coefficient (Wildman–Crippen LogP) is 3.88. The zero-order valence-corrected chi connectivity index (χ0v) is 12.4. The Morgan fingerprint density at radius 2 is 2.18 bits per heavy atom. The first-order valence-corrected chi connectivity index (χ1v) is 7.12. The third kappa shape index (κ3) is 2.50. The summed E-state index contributed by atoms with van der Waals surface area (Å²) in [7, 11) is 1.90. The average molecular weight is 312 g/mol. The lowest BCUT2D eigenvalue weighted by atomic mass is 10.1. The van der Waals surface area contributed by atoms with Crippen LogP contribution in [0.2, 0.25) is 0 Å². The van der Waals surface area contributed by atoms with Crippen molar-refractivity contribution in [2.45, 2.75) is 20.3 Å². The maximum Gasteiger partial charge on any atom is 0.171 e. The van der Waals surface area contributed by atoms with Crippen LogP contribution < -0.4 is 5.32 Å². The Morgan fingerprint density at radius 3 is 2.71 bits per heavy atom. The maximum absolute atomic E-state index is 4.57. The van der Waals surface area contributed by atoms with E-state index >= 15 is 0 Å². The Morgan fingerprint density at radius 1 is 1.41 bits per heavy atom. The van der Waals surface area contributed by atoms with Gasteiger partial charge in [-0.3, -0.25) is 0 Å². The minimum Gasteiger partial charge on any atom is -0.373 e. The summed E-state index contributed by atoms with van der Waals surface area (Å²) in [6.07, 6.45) is 0.941. The second kappa shape index (κ2) is 5.14. The normalized spacial score (nSPS) is 10.6. The molecular formula is C12H14BrN3S. The largest absolute Gasteiger partial charge is 0.373 e. The van der Waals surface area contributed by atoms with Crippen LogP contribution in [0.15, 0.2) is 15.9 Å². The molecule has 2 aromatic heterocycles. The molecule has 3 nitrogen and oxygen atoms in total. The molecule has 17 heavy (non-hydrogen) atoms. The summed E-state index contributed by atoms with van der Waals surface area (Å²) in [5.74, 6) is 1.72. The van der Waals surface area contributed by atoms with Crippen molar-refractivity contribution in [1.82, 2.24) is 9.97 Å². The van der Waals surface area contributed by atoms with Crippen molar-refractivity contribution >= 4 is 33.1 Å². The molecule has 90 valence electrons. The first-order valence-electron chi connectivity index (χ1n) is 5.45. The van der Waals surface area contributed by atoms with Crippen molar-refractivity contribution in [3.05, 3.63) is 27.2 Å². The van der Waals surface area contributed by atoms with Crippen molar-refractivity contribution in [1.29, 1.82) is 0 Å². The van der Waals surface area contributed by atoms with E-state index in [0.717, 1.165) is 33.1 Å². The zero-order chi connectivity index (χ0) is 12.4. The topological polar surface area (TPSA) is 37.8 Å². The minimum atomic E-state index is 0.791. The molecule has 0 amide bonds. The molecule has 0 atom stereocenters. The fourth-order valence-corrected chi connectivity index (χ4v) is 3.13. The molecule has 0 unspecified atom stereocenters. The number of anilines is 1. The van der Waals surface area contributed by atoms with Gasteiger partial charge in [0.05, 0.1) is 4.88 Å². The fraction of sp³-hybridized carbons (Fsp3) is 0.333. The lowest BCUT2D eigenvalue weighted by molar-refractivity contribution is 1.00. The molecule has 1 N–H and O–H groups in total. The lowest BCUT2D eigenvalue weighted by Gasteiger charge is -2.10. The van der Waals surface area contributed by atoms with Crippen molar-refractivity contribution in [3.63, 3.8) is 0 Å². The molecule has 0 fully saturated rings. The summed E-state index contributed by atoms with van der Waals surface area (Å²) >= 11 is 5.10. The first-order chi connectivity index (χ1) is 8.15. The van der Waals surface area contributed by atoms with Gasteiger partial charge in [-0.1, -0.05) is 6.92 Å². The van der Waals surface area contributed by atoms with Gasteiger partial charge in [0.25, 0.3) is 0 Å². The molecule has 0 aromatic carbocycles. The van der Waals surface area contributed by atoms with Crippen LogP contribution in [0.3, 0.4) is 0 Å². The maximum atomic E-state index is 4.57. The van der Waals surface area contributed by atoms with E-state index in [1.165, 1.54) is 5.56 Å². The smallest absolute Gasteiger partial charge is 0.171 e. The second-order valence-corrected chi connectivity index (χ2v) is 5.52. The highest BCUT2D eigenvalue weighted by atomic mass is 79.9. The van der Waals surface area contributed by atoms with Crippen molar-refractivity contribution in [3.8, 4) is 10.7 Å². The molecular weight excluding hydrogens is 298 g/mol. The van der Waals surface area contributed by atoms with E-state index in [1.54, 1.807) is 11.3 Å². The van der Waals surface area contributed by atoms with Crippen LogP contribution in [0.25, 0.3) is 10.7 Å². The van der Waals surface area contributed by atoms with E-state index in [0.29, 0.717) is 0 Å². The van der Waals surface area contributed by atoms with Gasteiger partial charge in [0.15, 0.2) is 5.82 Å². The fourth-order valence-electron chi connectivity index (χ4n) is 1.77. The van der Waals surface area contributed by atoms with E-state index in [1.807, 2.05) is 25.4 Å². The van der Waals surface area contributed by atoms with Crippen LogP contribution in [-0.2, 0) is 6.42 Å². The van der Waals surface area contributed by atoms with Gasteiger partial charge >= 0.3 is 0 Å². The van der Waals surface area contributed by atoms with E-state index in [-0.39, 0.29) is 0 Å². The first kappa shape index (κ1) is 12.5. The molecule has 0 saturated carbocycles. The van der Waals surface area contributed by atoms with Crippen LogP contribution in [0.1, 0.15) is 18.2 Å². The van der Waals surface area contributed by atoms with Crippen molar-refractivity contribution in [2.24, 2.45) is 0 Å². The zero-order valence-electron chi connectivity index (χ0n) is 10.0. The molecule has 0 saturated heterocycles. The van der Waals surface area contributed by atoms with Gasteiger partial charge in [0.1, 0.15) is 5.82 Å². The van der Waals surface area contributed by atoms with E-state index in [9.17, 15) is 0 Å². The number of thiophene rings is 1. The van der Waals surface area contributed by atoms with Crippen LogP contribution in [0, 0.1) is 6.92 Å². The number of aryl methyl sites for hydroxylation is 1. The number of nitrogens with zero attached hydrogens (tertiary/aromatic N) is 2. The standard InChI is InChI=1S/C12H14BrN3S/c1-4-9-7(2)15-12(16-11(9)14-3)10-5-8(13)6-17-10/h5-6H,4H2,1-3H3,(H,14,15,16). The SMILES string of the molecule is CCc1c(C)nc(-c2cc(Br)cs2)nc1NC. The van der Waals surface area contributed by atoms with Crippen molar-refractivity contribution in [2.75, 3.05) is 12.4 Å². The molecule has 0 aliphatic heterocycles. The molecule has 0 aliphatic rings. The Kier molecular flexibility index (Phi) is 3.79. The Balaban J connectivity index is 2.53. The molecule has 0 aliphatic carbocycles. The summed E-state index contributed by atoms with van der Waals surface area (Å²) in [5.41, 5.74) is 2.23. The number of halogens is 1. The average Bonchev–Trinajstić information content (AvgIpc) is 2.74. The van der Waals surface area contributed by atoms with Gasteiger partial charge in [-0.05, 0) is 35.3 Å². The van der Waals surface area contributed by atoms with Crippen LogP contribution >= 0.6 is 27.3 Å².